The fourth-order valence-electron chi connectivity index (χ4n) is 3.60. The maximum atomic E-state index is 12.4. The number of carbonyl (C=O) groups is 1. The van der Waals surface area contributed by atoms with Crippen LogP contribution < -0.4 is 10.2 Å². The van der Waals surface area contributed by atoms with Crippen molar-refractivity contribution in [3.05, 3.63) is 11.1 Å². The summed E-state index contributed by atoms with van der Waals surface area (Å²) in [4.78, 5) is 22.8. The summed E-state index contributed by atoms with van der Waals surface area (Å²) in [5.74, 6) is 0.0599. The largest absolute Gasteiger partial charge is 0.366 e. The van der Waals surface area contributed by atoms with Crippen molar-refractivity contribution in [2.24, 2.45) is 0 Å². The minimum absolute atomic E-state index is 0.0599. The number of morpholine rings is 1. The van der Waals surface area contributed by atoms with E-state index in [1.54, 1.807) is 11.3 Å². The fourth-order valence-corrected chi connectivity index (χ4v) is 4.68. The summed E-state index contributed by atoms with van der Waals surface area (Å²) in [6.45, 7) is 9.25. The monoisotopic (exact) mass is 366 g/mol. The molecule has 25 heavy (non-hydrogen) atoms. The summed E-state index contributed by atoms with van der Waals surface area (Å²) in [7, 11) is 0. The third kappa shape index (κ3) is 4.92. The van der Waals surface area contributed by atoms with Crippen LogP contribution in [0.4, 0.5) is 5.13 Å². The first-order chi connectivity index (χ1) is 12.2. The Bertz CT molecular complexity index is 555. The van der Waals surface area contributed by atoms with Crippen molar-refractivity contribution in [1.82, 2.24) is 15.2 Å². The van der Waals surface area contributed by atoms with E-state index in [0.717, 1.165) is 44.2 Å². The molecule has 7 heteroatoms. The second kappa shape index (κ2) is 8.96. The van der Waals surface area contributed by atoms with E-state index in [4.69, 9.17) is 4.74 Å². The van der Waals surface area contributed by atoms with Gasteiger partial charge in [-0.2, -0.15) is 0 Å². The molecule has 0 aromatic carbocycles. The molecule has 1 saturated heterocycles. The van der Waals surface area contributed by atoms with Crippen molar-refractivity contribution >= 4 is 22.4 Å². The molecule has 1 atom stereocenters. The van der Waals surface area contributed by atoms with Crippen molar-refractivity contribution in [2.45, 2.75) is 58.2 Å². The number of nitrogens with zero attached hydrogens (tertiary/aromatic N) is 3. The smallest absolute Gasteiger partial charge is 0.250 e. The topological polar surface area (TPSA) is 57.7 Å². The standard InChI is InChI=1S/C18H30N4O2S/c1-3-22(4-2)18-19-11-15(25-18)12-21-9-10-24-16(13-21)17(23)20-14-7-5-6-8-14/h11,14,16H,3-10,12-13H2,1-2H3,(H,20,23)/t16-/m1/s1. The van der Waals surface area contributed by atoms with Crippen LogP contribution in [0.1, 0.15) is 44.4 Å². The molecule has 1 aliphatic heterocycles. The van der Waals surface area contributed by atoms with Gasteiger partial charge in [-0.1, -0.05) is 12.8 Å². The van der Waals surface area contributed by atoms with Gasteiger partial charge in [0.15, 0.2) is 5.13 Å². The van der Waals surface area contributed by atoms with E-state index < -0.39 is 0 Å². The van der Waals surface area contributed by atoms with E-state index >= 15 is 0 Å². The van der Waals surface area contributed by atoms with E-state index in [0.29, 0.717) is 19.2 Å². The van der Waals surface area contributed by atoms with Crippen molar-refractivity contribution in [3.8, 4) is 0 Å². The molecule has 2 aliphatic rings. The molecule has 0 bridgehead atoms. The maximum absolute atomic E-state index is 12.4. The molecule has 1 aromatic heterocycles. The van der Waals surface area contributed by atoms with Gasteiger partial charge in [0.2, 0.25) is 0 Å². The van der Waals surface area contributed by atoms with Crippen LogP contribution in [0.25, 0.3) is 0 Å². The predicted octanol–water partition coefficient (Wildman–Crippen LogP) is 2.25. The number of nitrogens with one attached hydrogen (secondary N) is 1. The summed E-state index contributed by atoms with van der Waals surface area (Å²) >= 11 is 1.75. The van der Waals surface area contributed by atoms with E-state index in [1.807, 2.05) is 6.20 Å². The van der Waals surface area contributed by atoms with Crippen LogP contribution in [0.3, 0.4) is 0 Å². The highest BCUT2D eigenvalue weighted by atomic mass is 32.1. The van der Waals surface area contributed by atoms with Crippen LogP contribution in [0.5, 0.6) is 0 Å². The van der Waals surface area contributed by atoms with Gasteiger partial charge in [-0.3, -0.25) is 9.69 Å². The molecule has 2 fully saturated rings. The molecule has 0 unspecified atom stereocenters. The number of hydrogen-bond acceptors (Lipinski definition) is 6. The number of thiazole rings is 1. The van der Waals surface area contributed by atoms with Crippen LogP contribution in [-0.4, -0.2) is 60.7 Å². The molecule has 2 heterocycles. The molecule has 0 radical (unpaired) electrons. The molecule has 6 nitrogen and oxygen atoms in total. The Kier molecular flexibility index (Phi) is 6.67. The van der Waals surface area contributed by atoms with Crippen molar-refractivity contribution in [3.63, 3.8) is 0 Å². The zero-order valence-corrected chi connectivity index (χ0v) is 16.2. The van der Waals surface area contributed by atoms with Crippen LogP contribution >= 0.6 is 11.3 Å². The van der Waals surface area contributed by atoms with Gasteiger partial charge in [0.05, 0.1) is 6.61 Å². The molecule has 0 spiro atoms. The minimum atomic E-state index is -0.343. The highest BCUT2D eigenvalue weighted by molar-refractivity contribution is 7.15. The average Bonchev–Trinajstić information content (AvgIpc) is 3.29. The molecule has 1 amide bonds. The van der Waals surface area contributed by atoms with E-state index in [2.05, 4.69) is 33.9 Å². The van der Waals surface area contributed by atoms with Crippen molar-refractivity contribution in [2.75, 3.05) is 37.7 Å². The molecule has 3 rings (SSSR count). The zero-order valence-electron chi connectivity index (χ0n) is 15.4. The Morgan fingerprint density at radius 1 is 1.40 bits per heavy atom. The van der Waals surface area contributed by atoms with E-state index in [9.17, 15) is 4.79 Å². The summed E-state index contributed by atoms with van der Waals surface area (Å²) in [5.41, 5.74) is 0. The predicted molar refractivity (Wildman–Crippen MR) is 101 cm³/mol. The van der Waals surface area contributed by atoms with Gasteiger partial charge in [-0.05, 0) is 26.7 Å². The first kappa shape index (κ1) is 18.6. The lowest BCUT2D eigenvalue weighted by Crippen LogP contribution is -2.51. The van der Waals surface area contributed by atoms with Gasteiger partial charge in [-0.15, -0.1) is 11.3 Å². The summed E-state index contributed by atoms with van der Waals surface area (Å²) in [6.07, 6.45) is 6.30. The van der Waals surface area contributed by atoms with Crippen LogP contribution in [-0.2, 0) is 16.1 Å². The highest BCUT2D eigenvalue weighted by Crippen LogP contribution is 2.24. The van der Waals surface area contributed by atoms with Gasteiger partial charge in [0.1, 0.15) is 6.10 Å². The SMILES string of the molecule is CCN(CC)c1ncc(CN2CCO[C@@H](C(=O)NC3CCCC3)C2)s1. The normalized spacial score (nSPS) is 22.2. The quantitative estimate of drug-likeness (QED) is 0.802. The molecule has 1 aliphatic carbocycles. The van der Waals surface area contributed by atoms with E-state index in [-0.39, 0.29) is 12.0 Å². The third-order valence-electron chi connectivity index (χ3n) is 5.10. The second-order valence-electron chi connectivity index (χ2n) is 6.87. The first-order valence-corrected chi connectivity index (χ1v) is 10.3. The van der Waals surface area contributed by atoms with Gasteiger partial charge in [0.25, 0.3) is 5.91 Å². The lowest BCUT2D eigenvalue weighted by Gasteiger charge is -2.32. The van der Waals surface area contributed by atoms with Gasteiger partial charge in [-0.25, -0.2) is 4.98 Å². The Balaban J connectivity index is 1.52. The van der Waals surface area contributed by atoms with Crippen LogP contribution in [0, 0.1) is 0 Å². The Morgan fingerprint density at radius 2 is 2.16 bits per heavy atom. The molecular formula is C18H30N4O2S. The maximum Gasteiger partial charge on any atom is 0.250 e. The van der Waals surface area contributed by atoms with E-state index in [1.165, 1.54) is 17.7 Å². The molecule has 140 valence electrons. The Morgan fingerprint density at radius 3 is 2.88 bits per heavy atom. The Hall–Kier alpha value is -1.18. The molecular weight excluding hydrogens is 336 g/mol. The van der Waals surface area contributed by atoms with Crippen LogP contribution in [0.15, 0.2) is 6.20 Å². The molecule has 1 N–H and O–H groups in total. The first-order valence-electron chi connectivity index (χ1n) is 9.53. The second-order valence-corrected chi connectivity index (χ2v) is 7.96. The Labute approximate surface area is 154 Å². The molecule has 1 aromatic rings. The number of rotatable bonds is 7. The number of carbonyl (C=O) groups excluding carboxylic acids is 1. The summed E-state index contributed by atoms with van der Waals surface area (Å²) < 4.78 is 5.72. The number of amides is 1. The summed E-state index contributed by atoms with van der Waals surface area (Å²) in [5, 5.41) is 4.25. The third-order valence-corrected chi connectivity index (χ3v) is 6.14. The van der Waals surface area contributed by atoms with Gasteiger partial charge in [0, 0.05) is 49.8 Å². The van der Waals surface area contributed by atoms with Crippen molar-refractivity contribution < 1.29 is 9.53 Å². The lowest BCUT2D eigenvalue weighted by atomic mass is 10.2. The fraction of sp³-hybridized carbons (Fsp3) is 0.778. The lowest BCUT2D eigenvalue weighted by molar-refractivity contribution is -0.139. The zero-order chi connectivity index (χ0) is 17.6. The minimum Gasteiger partial charge on any atom is -0.366 e. The molecule has 1 saturated carbocycles. The van der Waals surface area contributed by atoms with Crippen molar-refractivity contribution in [1.29, 1.82) is 0 Å². The number of ether oxygens (including phenoxy) is 1. The number of anilines is 1. The van der Waals surface area contributed by atoms with Gasteiger partial charge >= 0.3 is 0 Å². The average molecular weight is 367 g/mol. The number of hydrogen-bond donors (Lipinski definition) is 1. The van der Waals surface area contributed by atoms with Gasteiger partial charge < -0.3 is 15.0 Å². The van der Waals surface area contributed by atoms with Crippen LogP contribution in [0.2, 0.25) is 0 Å². The summed E-state index contributed by atoms with van der Waals surface area (Å²) in [6, 6.07) is 0.351. The highest BCUT2D eigenvalue weighted by Gasteiger charge is 2.29. The number of aromatic nitrogens is 1.